The van der Waals surface area contributed by atoms with Gasteiger partial charge in [0.15, 0.2) is 17.2 Å². The molecule has 1 atom stereocenters. The number of hydrogen-bond donors (Lipinski definition) is 4. The zero-order chi connectivity index (χ0) is 16.4. The minimum absolute atomic E-state index is 0.0501. The lowest BCUT2D eigenvalue weighted by Crippen LogP contribution is -2.47. The largest absolute Gasteiger partial charge is 0.479 e. The van der Waals surface area contributed by atoms with E-state index in [0.717, 1.165) is 13.0 Å². The highest BCUT2D eigenvalue weighted by atomic mass is 35.5. The summed E-state index contributed by atoms with van der Waals surface area (Å²) in [5, 5.41) is 21.8. The van der Waals surface area contributed by atoms with Crippen molar-refractivity contribution in [3.63, 3.8) is 0 Å². The van der Waals surface area contributed by atoms with Gasteiger partial charge in [0.1, 0.15) is 5.69 Å². The highest BCUT2D eigenvalue weighted by molar-refractivity contribution is 6.31. The Kier molecular flexibility index (Phi) is 5.08. The van der Waals surface area contributed by atoms with Gasteiger partial charge in [0.25, 0.3) is 0 Å². The van der Waals surface area contributed by atoms with Crippen LogP contribution in [0.4, 0.5) is 19.3 Å². The Morgan fingerprint density at radius 1 is 1.43 bits per heavy atom. The molecule has 0 fully saturated rings. The van der Waals surface area contributed by atoms with E-state index >= 15 is 0 Å². The molecule has 0 radical (unpaired) electrons. The van der Waals surface area contributed by atoms with Crippen molar-refractivity contribution in [1.82, 2.24) is 5.32 Å². The van der Waals surface area contributed by atoms with Crippen LogP contribution in [0.2, 0.25) is 5.02 Å². The summed E-state index contributed by atoms with van der Waals surface area (Å²) in [5.41, 5.74) is -2.97. The number of anilines is 1. The minimum atomic E-state index is -2.20. The van der Waals surface area contributed by atoms with Gasteiger partial charge in [0, 0.05) is 10.6 Å². The summed E-state index contributed by atoms with van der Waals surface area (Å²) in [4.78, 5) is 22.1. The maximum atomic E-state index is 13.8. The normalized spacial score (nSPS) is 13.4. The van der Waals surface area contributed by atoms with Gasteiger partial charge >= 0.3 is 12.0 Å². The van der Waals surface area contributed by atoms with Crippen molar-refractivity contribution in [3.05, 3.63) is 28.3 Å². The number of aliphatic hydroxyl groups is 1. The molecular formula is C12H13ClF2N2O4. The van der Waals surface area contributed by atoms with Crippen molar-refractivity contribution >= 4 is 29.3 Å². The number of carboxylic acid groups (broad SMARTS) is 1. The van der Waals surface area contributed by atoms with Gasteiger partial charge < -0.3 is 20.8 Å². The summed E-state index contributed by atoms with van der Waals surface area (Å²) in [6, 6.07) is -0.237. The molecule has 2 amide bonds. The summed E-state index contributed by atoms with van der Waals surface area (Å²) < 4.78 is 27.3. The van der Waals surface area contributed by atoms with E-state index in [9.17, 15) is 23.5 Å². The van der Waals surface area contributed by atoms with Crippen molar-refractivity contribution in [3.8, 4) is 0 Å². The van der Waals surface area contributed by atoms with Crippen LogP contribution in [0.15, 0.2) is 6.07 Å². The van der Waals surface area contributed by atoms with Crippen molar-refractivity contribution in [2.24, 2.45) is 0 Å². The van der Waals surface area contributed by atoms with Crippen molar-refractivity contribution in [2.75, 3.05) is 11.9 Å². The maximum absolute atomic E-state index is 13.8. The van der Waals surface area contributed by atoms with Crippen LogP contribution < -0.4 is 10.6 Å². The molecule has 6 nitrogen and oxygen atoms in total. The predicted molar refractivity (Wildman–Crippen MR) is 71.4 cm³/mol. The summed E-state index contributed by atoms with van der Waals surface area (Å²) in [5.74, 6) is -3.68. The monoisotopic (exact) mass is 322 g/mol. The van der Waals surface area contributed by atoms with Crippen LogP contribution in [0, 0.1) is 18.6 Å². The van der Waals surface area contributed by atoms with Crippen LogP contribution in [0.25, 0.3) is 0 Å². The van der Waals surface area contributed by atoms with Crippen LogP contribution in [0.5, 0.6) is 0 Å². The van der Waals surface area contributed by atoms with Gasteiger partial charge in [-0.05, 0) is 19.9 Å². The number of carbonyl (C=O) groups is 2. The average molecular weight is 323 g/mol. The molecule has 1 rings (SSSR count). The molecule has 0 spiro atoms. The Balaban J connectivity index is 2.81. The fourth-order valence-electron chi connectivity index (χ4n) is 1.29. The van der Waals surface area contributed by atoms with E-state index in [-0.39, 0.29) is 10.6 Å². The van der Waals surface area contributed by atoms with Gasteiger partial charge in [0.2, 0.25) is 0 Å². The number of benzene rings is 1. The molecule has 1 aromatic carbocycles. The molecule has 0 aliphatic rings. The van der Waals surface area contributed by atoms with Crippen LogP contribution in [-0.4, -0.2) is 34.4 Å². The van der Waals surface area contributed by atoms with Gasteiger partial charge in [-0.1, -0.05) is 11.6 Å². The fourth-order valence-corrected chi connectivity index (χ4v) is 1.47. The Bertz CT molecular complexity index is 593. The molecule has 0 aliphatic heterocycles. The molecule has 1 aromatic rings. The zero-order valence-electron chi connectivity index (χ0n) is 11.1. The molecule has 4 N–H and O–H groups in total. The molecule has 1 unspecified atom stereocenters. The van der Waals surface area contributed by atoms with Crippen LogP contribution >= 0.6 is 11.6 Å². The van der Waals surface area contributed by atoms with Crippen molar-refractivity contribution in [1.29, 1.82) is 0 Å². The fraction of sp³-hybridized carbons (Fsp3) is 0.333. The second-order valence-electron chi connectivity index (χ2n) is 4.54. The molecule has 21 heavy (non-hydrogen) atoms. The Hall–Kier alpha value is -1.93. The third-order valence-electron chi connectivity index (χ3n) is 2.69. The molecule has 9 heteroatoms. The molecule has 0 aliphatic carbocycles. The number of carboxylic acids is 1. The first-order valence-electron chi connectivity index (χ1n) is 5.71. The lowest BCUT2D eigenvalue weighted by molar-refractivity contribution is -0.155. The third kappa shape index (κ3) is 4.02. The first-order valence-corrected chi connectivity index (χ1v) is 6.08. The molecule has 0 bridgehead atoms. The highest BCUT2D eigenvalue weighted by Gasteiger charge is 2.30. The van der Waals surface area contributed by atoms with E-state index in [1.165, 1.54) is 6.92 Å². The highest BCUT2D eigenvalue weighted by Crippen LogP contribution is 2.28. The van der Waals surface area contributed by atoms with E-state index in [1.807, 2.05) is 10.6 Å². The zero-order valence-corrected chi connectivity index (χ0v) is 11.9. The quantitative estimate of drug-likeness (QED) is 0.680. The second kappa shape index (κ2) is 6.23. The van der Waals surface area contributed by atoms with Crippen molar-refractivity contribution < 1.29 is 28.6 Å². The number of carbonyl (C=O) groups excluding carboxylic acids is 1. The minimum Gasteiger partial charge on any atom is -0.479 e. The SMILES string of the molecule is Cc1c(Cl)cc(F)c(NC(=O)NCC(C)(O)C(=O)O)c1F. The Morgan fingerprint density at radius 3 is 2.52 bits per heavy atom. The van der Waals surface area contributed by atoms with Gasteiger partial charge in [-0.15, -0.1) is 0 Å². The van der Waals surface area contributed by atoms with Gasteiger partial charge in [-0.25, -0.2) is 18.4 Å². The standard InChI is InChI=1S/C12H13ClF2N2O4/c1-5-6(13)3-7(14)9(8(5)15)17-11(20)16-4-12(2,21)10(18)19/h3,21H,4H2,1-2H3,(H,18,19)(H2,16,17,20). The summed E-state index contributed by atoms with van der Waals surface area (Å²) in [7, 11) is 0. The number of nitrogens with one attached hydrogen (secondary N) is 2. The van der Waals surface area contributed by atoms with E-state index in [2.05, 4.69) is 0 Å². The van der Waals surface area contributed by atoms with Crippen molar-refractivity contribution in [2.45, 2.75) is 19.4 Å². The molecule has 0 saturated heterocycles. The number of amides is 2. The molecular weight excluding hydrogens is 310 g/mol. The molecule has 0 heterocycles. The number of hydrogen-bond acceptors (Lipinski definition) is 3. The molecule has 116 valence electrons. The summed E-state index contributed by atoms with van der Waals surface area (Å²) in [6.07, 6.45) is 0. The van der Waals surface area contributed by atoms with E-state index in [1.54, 1.807) is 0 Å². The molecule has 0 saturated carbocycles. The summed E-state index contributed by atoms with van der Waals surface area (Å²) in [6.45, 7) is 1.61. The maximum Gasteiger partial charge on any atom is 0.337 e. The number of urea groups is 1. The second-order valence-corrected chi connectivity index (χ2v) is 4.95. The van der Waals surface area contributed by atoms with Crippen LogP contribution in [-0.2, 0) is 4.79 Å². The first-order chi connectivity index (χ1) is 9.56. The van der Waals surface area contributed by atoms with E-state index in [4.69, 9.17) is 16.7 Å². The lowest BCUT2D eigenvalue weighted by atomic mass is 10.1. The van der Waals surface area contributed by atoms with E-state index < -0.39 is 41.5 Å². The topological polar surface area (TPSA) is 98.7 Å². The lowest BCUT2D eigenvalue weighted by Gasteiger charge is -2.18. The molecule has 0 aromatic heterocycles. The first kappa shape index (κ1) is 17.1. The number of aliphatic carboxylic acids is 1. The smallest absolute Gasteiger partial charge is 0.337 e. The number of halogens is 3. The summed E-state index contributed by atoms with van der Waals surface area (Å²) >= 11 is 5.58. The Morgan fingerprint density at radius 2 is 2.00 bits per heavy atom. The predicted octanol–water partition coefficient (Wildman–Crippen LogP) is 1.88. The Labute approximate surface area is 123 Å². The van der Waals surface area contributed by atoms with Crippen LogP contribution in [0.1, 0.15) is 12.5 Å². The third-order valence-corrected chi connectivity index (χ3v) is 3.08. The van der Waals surface area contributed by atoms with Gasteiger partial charge in [-0.3, -0.25) is 0 Å². The number of rotatable bonds is 4. The van der Waals surface area contributed by atoms with Gasteiger partial charge in [-0.2, -0.15) is 0 Å². The van der Waals surface area contributed by atoms with Crippen LogP contribution in [0.3, 0.4) is 0 Å². The average Bonchev–Trinajstić information content (AvgIpc) is 2.39. The van der Waals surface area contributed by atoms with E-state index in [0.29, 0.717) is 0 Å². The van der Waals surface area contributed by atoms with Gasteiger partial charge in [0.05, 0.1) is 6.54 Å².